The summed E-state index contributed by atoms with van der Waals surface area (Å²) in [5, 5.41) is 41.6. The zero-order valence-electron chi connectivity index (χ0n) is 10.4. The molecule has 0 spiro atoms. The van der Waals surface area contributed by atoms with Crippen molar-refractivity contribution < 1.29 is 20.4 Å². The molecule has 0 amide bonds. The summed E-state index contributed by atoms with van der Waals surface area (Å²) in [6.07, 6.45) is 4.47. The summed E-state index contributed by atoms with van der Waals surface area (Å²) < 4.78 is 0. The van der Waals surface area contributed by atoms with E-state index in [1.54, 1.807) is 0 Å². The van der Waals surface area contributed by atoms with Crippen LogP contribution in [0.4, 0.5) is 0 Å². The van der Waals surface area contributed by atoms with Crippen LogP contribution in [0.2, 0.25) is 0 Å². The van der Waals surface area contributed by atoms with Crippen molar-refractivity contribution in [1.29, 1.82) is 0 Å². The lowest BCUT2D eigenvalue weighted by Crippen LogP contribution is -2.45. The molecule has 1 saturated carbocycles. The molecule has 5 N–H and O–H groups in total. The van der Waals surface area contributed by atoms with Crippen LogP contribution in [-0.4, -0.2) is 57.9 Å². The van der Waals surface area contributed by atoms with Gasteiger partial charge in [0.05, 0.1) is 18.8 Å². The van der Waals surface area contributed by atoms with Crippen molar-refractivity contribution in [3.05, 3.63) is 12.2 Å². The highest BCUT2D eigenvalue weighted by Gasteiger charge is 2.48. The minimum atomic E-state index is -1.18. The Morgan fingerprint density at radius 2 is 1.89 bits per heavy atom. The molecule has 2 rings (SSSR count). The summed E-state index contributed by atoms with van der Waals surface area (Å²) in [5.74, 6) is -0.0808. The third kappa shape index (κ3) is 2.75. The van der Waals surface area contributed by atoms with Gasteiger partial charge in [-0.05, 0) is 25.2 Å². The molecule has 0 unspecified atom stereocenters. The van der Waals surface area contributed by atoms with Gasteiger partial charge in [0.15, 0.2) is 0 Å². The van der Waals surface area contributed by atoms with Gasteiger partial charge in [0, 0.05) is 18.5 Å². The highest BCUT2D eigenvalue weighted by atomic mass is 16.4. The van der Waals surface area contributed by atoms with Gasteiger partial charge in [-0.1, -0.05) is 12.2 Å². The first-order chi connectivity index (χ1) is 8.65. The highest BCUT2D eigenvalue weighted by Crippen LogP contribution is 2.27. The fourth-order valence-corrected chi connectivity index (χ4v) is 2.97. The van der Waals surface area contributed by atoms with Crippen molar-refractivity contribution >= 4 is 0 Å². The second kappa shape index (κ2) is 6.12. The number of aliphatic hydroxyl groups is 4. The molecule has 5 heteroatoms. The topological polar surface area (TPSA) is 93.0 Å². The van der Waals surface area contributed by atoms with Gasteiger partial charge in [-0.15, -0.1) is 0 Å². The van der Waals surface area contributed by atoms with Crippen LogP contribution in [0.15, 0.2) is 12.2 Å². The molecule has 0 bridgehead atoms. The number of rotatable bonds is 4. The number of hydrogen-bond acceptors (Lipinski definition) is 5. The molecule has 6 atom stereocenters. The summed E-state index contributed by atoms with van der Waals surface area (Å²) in [6.45, 7) is 0.460. The van der Waals surface area contributed by atoms with Crippen molar-refractivity contribution in [3.8, 4) is 0 Å². The normalized spacial score (nSPS) is 44.4. The van der Waals surface area contributed by atoms with Gasteiger partial charge in [-0.3, -0.25) is 0 Å². The summed E-state index contributed by atoms with van der Waals surface area (Å²) in [5.41, 5.74) is 0. The molecule has 0 heterocycles. The maximum atomic E-state index is 9.86. The van der Waals surface area contributed by atoms with Crippen LogP contribution >= 0.6 is 0 Å². The summed E-state index contributed by atoms with van der Waals surface area (Å²) in [6, 6.07) is -0.449. The van der Waals surface area contributed by atoms with Gasteiger partial charge in [0.2, 0.25) is 0 Å². The van der Waals surface area contributed by atoms with E-state index in [4.69, 9.17) is 0 Å². The lowest BCUT2D eigenvalue weighted by atomic mass is 9.94. The third-order valence-electron chi connectivity index (χ3n) is 4.15. The fraction of sp³-hybridized carbons (Fsp3) is 0.846. The predicted octanol–water partition coefficient (Wildman–Crippen LogP) is -0.994. The Labute approximate surface area is 107 Å². The van der Waals surface area contributed by atoms with Crippen LogP contribution in [0.25, 0.3) is 0 Å². The summed E-state index contributed by atoms with van der Waals surface area (Å²) in [7, 11) is 0. The van der Waals surface area contributed by atoms with Gasteiger partial charge in [0.1, 0.15) is 6.10 Å². The van der Waals surface area contributed by atoms with Crippen molar-refractivity contribution in [2.24, 2.45) is 11.8 Å². The van der Waals surface area contributed by atoms with E-state index in [1.165, 1.54) is 6.42 Å². The minimum absolute atomic E-state index is 0.243. The van der Waals surface area contributed by atoms with Crippen LogP contribution in [0.1, 0.15) is 19.3 Å². The quantitative estimate of drug-likeness (QED) is 0.417. The minimum Gasteiger partial charge on any atom is -0.396 e. The van der Waals surface area contributed by atoms with E-state index in [9.17, 15) is 20.4 Å². The van der Waals surface area contributed by atoms with E-state index in [2.05, 4.69) is 17.5 Å². The van der Waals surface area contributed by atoms with E-state index in [0.29, 0.717) is 12.5 Å². The Kier molecular flexibility index (Phi) is 4.75. The Bertz CT molecular complexity index is 297. The first-order valence-corrected chi connectivity index (χ1v) is 6.70. The van der Waals surface area contributed by atoms with E-state index in [-0.39, 0.29) is 6.61 Å². The average molecular weight is 257 g/mol. The van der Waals surface area contributed by atoms with E-state index in [0.717, 1.165) is 12.8 Å². The van der Waals surface area contributed by atoms with Crippen molar-refractivity contribution in [2.45, 2.75) is 43.6 Å². The van der Waals surface area contributed by atoms with Crippen LogP contribution < -0.4 is 5.32 Å². The number of aliphatic hydroxyl groups excluding tert-OH is 4. The largest absolute Gasteiger partial charge is 0.396 e. The second-order valence-corrected chi connectivity index (χ2v) is 5.37. The Morgan fingerprint density at radius 3 is 2.50 bits per heavy atom. The lowest BCUT2D eigenvalue weighted by molar-refractivity contribution is -0.0312. The summed E-state index contributed by atoms with van der Waals surface area (Å²) >= 11 is 0. The smallest absolute Gasteiger partial charge is 0.108 e. The molecule has 104 valence electrons. The van der Waals surface area contributed by atoms with Crippen LogP contribution in [0.5, 0.6) is 0 Å². The molecule has 0 radical (unpaired) electrons. The Hall–Kier alpha value is -0.460. The van der Waals surface area contributed by atoms with Crippen molar-refractivity contribution in [1.82, 2.24) is 5.32 Å². The van der Waals surface area contributed by atoms with Crippen molar-refractivity contribution in [2.75, 3.05) is 13.2 Å². The molecule has 5 nitrogen and oxygen atoms in total. The highest BCUT2D eigenvalue weighted by molar-refractivity contribution is 5.03. The molecule has 0 aromatic carbocycles. The lowest BCUT2D eigenvalue weighted by Gasteiger charge is -2.25. The zero-order chi connectivity index (χ0) is 13.1. The average Bonchev–Trinajstić information content (AvgIpc) is 2.61. The van der Waals surface area contributed by atoms with Crippen LogP contribution in [0, 0.1) is 11.8 Å². The molecule has 2 aliphatic rings. The van der Waals surface area contributed by atoms with Gasteiger partial charge < -0.3 is 25.7 Å². The van der Waals surface area contributed by atoms with E-state index in [1.807, 2.05) is 0 Å². The van der Waals surface area contributed by atoms with Crippen LogP contribution in [-0.2, 0) is 0 Å². The molecule has 0 aliphatic heterocycles. The van der Waals surface area contributed by atoms with Crippen molar-refractivity contribution in [3.63, 3.8) is 0 Å². The molecule has 2 aliphatic carbocycles. The first-order valence-electron chi connectivity index (χ1n) is 6.70. The molecular weight excluding hydrogens is 234 g/mol. The SMILES string of the molecule is OC[C@@H]1[C@@H](O)[C@H](O)[C@@H](O)[C@@H]1NC[C@@H]1C=CCCC1. The maximum absolute atomic E-state index is 9.86. The van der Waals surface area contributed by atoms with Crippen LogP contribution in [0.3, 0.4) is 0 Å². The number of nitrogens with one attached hydrogen (secondary N) is 1. The third-order valence-corrected chi connectivity index (χ3v) is 4.15. The predicted molar refractivity (Wildman–Crippen MR) is 66.9 cm³/mol. The van der Waals surface area contributed by atoms with E-state index >= 15 is 0 Å². The van der Waals surface area contributed by atoms with Gasteiger partial charge in [-0.25, -0.2) is 0 Å². The van der Waals surface area contributed by atoms with Gasteiger partial charge in [-0.2, -0.15) is 0 Å². The first kappa shape index (κ1) is 14.0. The molecule has 0 aromatic heterocycles. The monoisotopic (exact) mass is 257 g/mol. The van der Waals surface area contributed by atoms with E-state index < -0.39 is 30.3 Å². The molecule has 18 heavy (non-hydrogen) atoms. The molecule has 0 saturated heterocycles. The standard InChI is InChI=1S/C13H23NO4/c15-7-9-10(12(17)13(18)11(9)16)14-6-8-4-2-1-3-5-8/h2,4,8-18H,1,3,5-7H2/t8-,9+,10-,11-,12+,13+/m1/s1. The number of hydrogen-bond donors (Lipinski definition) is 5. The maximum Gasteiger partial charge on any atom is 0.108 e. The molecule has 1 fully saturated rings. The molecular formula is C13H23NO4. The zero-order valence-corrected chi connectivity index (χ0v) is 10.4. The van der Waals surface area contributed by atoms with Gasteiger partial charge in [0.25, 0.3) is 0 Å². The van der Waals surface area contributed by atoms with Gasteiger partial charge >= 0.3 is 0 Å². The fourth-order valence-electron chi connectivity index (χ4n) is 2.97. The second-order valence-electron chi connectivity index (χ2n) is 5.37. The Morgan fingerprint density at radius 1 is 1.11 bits per heavy atom. The number of allylic oxidation sites excluding steroid dienone is 1. The summed E-state index contributed by atoms with van der Waals surface area (Å²) in [4.78, 5) is 0. The Balaban J connectivity index is 1.90. The molecule has 0 aromatic rings.